The van der Waals surface area contributed by atoms with E-state index in [1.807, 2.05) is 50.2 Å². The Labute approximate surface area is 202 Å². The topological polar surface area (TPSA) is 66.7 Å². The average molecular weight is 479 g/mol. The first-order valence-electron chi connectivity index (χ1n) is 11.0. The third-order valence-corrected chi connectivity index (χ3v) is 6.93. The molecule has 4 rings (SSSR count). The molecule has 33 heavy (non-hydrogen) atoms. The lowest BCUT2D eigenvalue weighted by Crippen LogP contribution is -2.29. The number of nitrogens with zero attached hydrogens (tertiary/aromatic N) is 3. The number of hydrogen-bond donors (Lipinski definition) is 1. The van der Waals surface area contributed by atoms with E-state index in [4.69, 9.17) is 17.2 Å². The summed E-state index contributed by atoms with van der Waals surface area (Å²) >= 11 is 6.66. The van der Waals surface area contributed by atoms with Crippen molar-refractivity contribution in [2.24, 2.45) is 0 Å². The van der Waals surface area contributed by atoms with Gasteiger partial charge in [-0.05, 0) is 43.5 Å². The molecule has 1 amide bonds. The highest BCUT2D eigenvalue weighted by molar-refractivity contribution is 8.26. The van der Waals surface area contributed by atoms with Crippen LogP contribution in [0.1, 0.15) is 42.0 Å². The highest BCUT2D eigenvalue weighted by Crippen LogP contribution is 2.33. The molecule has 1 aliphatic heterocycles. The highest BCUT2D eigenvalue weighted by atomic mass is 32.2. The van der Waals surface area contributed by atoms with Crippen LogP contribution in [0.5, 0.6) is 0 Å². The number of rotatable bonds is 7. The Morgan fingerprint density at radius 2 is 1.91 bits per heavy atom. The molecule has 0 atom stereocenters. The first-order chi connectivity index (χ1) is 15.9. The molecule has 0 saturated carbocycles. The van der Waals surface area contributed by atoms with Crippen molar-refractivity contribution in [3.8, 4) is 0 Å². The van der Waals surface area contributed by atoms with Crippen molar-refractivity contribution in [3.05, 3.63) is 80.1 Å². The molecule has 1 aromatic carbocycles. The van der Waals surface area contributed by atoms with Crippen LogP contribution in [0.2, 0.25) is 0 Å². The van der Waals surface area contributed by atoms with Gasteiger partial charge >= 0.3 is 0 Å². The summed E-state index contributed by atoms with van der Waals surface area (Å²) in [6, 6.07) is 11.9. The summed E-state index contributed by atoms with van der Waals surface area (Å²) in [5.74, 6) is 0.297. The van der Waals surface area contributed by atoms with Crippen molar-refractivity contribution < 1.29 is 4.79 Å². The van der Waals surface area contributed by atoms with Crippen LogP contribution in [0.4, 0.5) is 5.82 Å². The molecule has 1 N–H and O–H groups in total. The number of aromatic nitrogens is 2. The van der Waals surface area contributed by atoms with E-state index in [9.17, 15) is 9.59 Å². The second-order valence-electron chi connectivity index (χ2n) is 8.09. The van der Waals surface area contributed by atoms with Gasteiger partial charge in [-0.2, -0.15) is 0 Å². The van der Waals surface area contributed by atoms with E-state index in [0.29, 0.717) is 39.3 Å². The van der Waals surface area contributed by atoms with E-state index in [0.717, 1.165) is 24.0 Å². The predicted molar refractivity (Wildman–Crippen MR) is 139 cm³/mol. The first kappa shape index (κ1) is 23.2. The molecule has 1 saturated heterocycles. The molecule has 3 heterocycles. The molecule has 2 aromatic heterocycles. The molecule has 0 unspecified atom stereocenters. The monoisotopic (exact) mass is 478 g/mol. The van der Waals surface area contributed by atoms with Crippen LogP contribution in [-0.2, 0) is 11.3 Å². The SMILES string of the molecule is CCCCN1C(=O)C(=Cc2c(NCc3ccc(C)cc3)nc3c(C)cccn3c2=O)SC1=S. The van der Waals surface area contributed by atoms with Gasteiger partial charge in [0.15, 0.2) is 0 Å². The number of unbranched alkanes of at least 4 members (excludes halogenated alkanes) is 1. The number of carbonyl (C=O) groups is 1. The summed E-state index contributed by atoms with van der Waals surface area (Å²) in [6.07, 6.45) is 5.18. The molecule has 0 radical (unpaired) electrons. The summed E-state index contributed by atoms with van der Waals surface area (Å²) in [7, 11) is 0. The van der Waals surface area contributed by atoms with Gasteiger partial charge in [0.05, 0.1) is 10.5 Å². The van der Waals surface area contributed by atoms with Crippen LogP contribution in [0.15, 0.2) is 52.3 Å². The second-order valence-corrected chi connectivity index (χ2v) is 9.77. The fourth-order valence-corrected chi connectivity index (χ4v) is 4.90. The molecule has 1 fully saturated rings. The zero-order valence-corrected chi connectivity index (χ0v) is 20.6. The Balaban J connectivity index is 1.76. The van der Waals surface area contributed by atoms with Crippen LogP contribution >= 0.6 is 24.0 Å². The lowest BCUT2D eigenvalue weighted by Gasteiger charge is -2.13. The molecule has 6 nitrogen and oxygen atoms in total. The Hall–Kier alpha value is -2.97. The number of thioether (sulfide) groups is 1. The minimum absolute atomic E-state index is 0.156. The third-order valence-electron chi connectivity index (χ3n) is 5.55. The van der Waals surface area contributed by atoms with Crippen LogP contribution in [0, 0.1) is 13.8 Å². The number of benzene rings is 1. The lowest BCUT2D eigenvalue weighted by atomic mass is 10.1. The van der Waals surface area contributed by atoms with Crippen LogP contribution < -0.4 is 10.9 Å². The normalized spacial score (nSPS) is 15.1. The van der Waals surface area contributed by atoms with Gasteiger partial charge in [0.1, 0.15) is 15.8 Å². The van der Waals surface area contributed by atoms with Gasteiger partial charge in [0.25, 0.3) is 11.5 Å². The van der Waals surface area contributed by atoms with Crippen molar-refractivity contribution in [1.82, 2.24) is 14.3 Å². The minimum Gasteiger partial charge on any atom is -0.365 e. The quantitative estimate of drug-likeness (QED) is 0.384. The number of thiocarbonyl (C=S) groups is 1. The van der Waals surface area contributed by atoms with Crippen LogP contribution in [0.3, 0.4) is 0 Å². The summed E-state index contributed by atoms with van der Waals surface area (Å²) in [6.45, 7) is 7.13. The average Bonchev–Trinajstić information content (AvgIpc) is 3.07. The number of nitrogens with one attached hydrogen (secondary N) is 1. The Morgan fingerprint density at radius 3 is 2.64 bits per heavy atom. The van der Waals surface area contributed by atoms with E-state index in [-0.39, 0.29) is 11.5 Å². The number of amides is 1. The number of pyridine rings is 1. The zero-order chi connectivity index (χ0) is 23.5. The van der Waals surface area contributed by atoms with Crippen LogP contribution in [0.25, 0.3) is 11.7 Å². The number of anilines is 1. The maximum absolute atomic E-state index is 13.5. The van der Waals surface area contributed by atoms with Gasteiger partial charge in [-0.25, -0.2) is 4.98 Å². The minimum atomic E-state index is -0.228. The largest absolute Gasteiger partial charge is 0.365 e. The fourth-order valence-electron chi connectivity index (χ4n) is 3.61. The summed E-state index contributed by atoms with van der Waals surface area (Å²) in [5.41, 5.74) is 3.86. The van der Waals surface area contributed by atoms with Crippen molar-refractivity contribution in [3.63, 3.8) is 0 Å². The summed E-state index contributed by atoms with van der Waals surface area (Å²) < 4.78 is 2.05. The third kappa shape index (κ3) is 4.86. The number of hydrogen-bond acceptors (Lipinski definition) is 6. The Bertz CT molecular complexity index is 1310. The van der Waals surface area contributed by atoms with E-state index < -0.39 is 0 Å². The van der Waals surface area contributed by atoms with Crippen molar-refractivity contribution in [2.75, 3.05) is 11.9 Å². The summed E-state index contributed by atoms with van der Waals surface area (Å²) in [4.78, 5) is 33.3. The van der Waals surface area contributed by atoms with Crippen molar-refractivity contribution >= 4 is 51.7 Å². The number of fused-ring (bicyclic) bond motifs is 1. The van der Waals surface area contributed by atoms with Gasteiger partial charge in [0.2, 0.25) is 0 Å². The molecule has 0 spiro atoms. The molecular weight excluding hydrogens is 452 g/mol. The molecular formula is C25H26N4O2S2. The Morgan fingerprint density at radius 1 is 1.15 bits per heavy atom. The van der Waals surface area contributed by atoms with Gasteiger partial charge in [-0.1, -0.05) is 73.2 Å². The second kappa shape index (κ2) is 9.89. The lowest BCUT2D eigenvalue weighted by molar-refractivity contribution is -0.122. The molecule has 170 valence electrons. The Kier molecular flexibility index (Phi) is 6.95. The smallest absolute Gasteiger partial charge is 0.267 e. The van der Waals surface area contributed by atoms with Crippen molar-refractivity contribution in [1.29, 1.82) is 0 Å². The standard InChI is InChI=1S/C25H26N4O2S2/c1-4-5-12-29-24(31)20(33-25(29)32)14-19-21(26-15-18-10-8-16(2)9-11-18)27-22-17(3)7-6-13-28(22)23(19)30/h6-11,13-14,26H,4-5,12,15H2,1-3H3. The van der Waals surface area contributed by atoms with Gasteiger partial charge in [-0.15, -0.1) is 0 Å². The zero-order valence-electron chi connectivity index (χ0n) is 18.9. The molecule has 0 bridgehead atoms. The molecule has 0 aliphatic carbocycles. The van der Waals surface area contributed by atoms with E-state index in [1.165, 1.54) is 21.7 Å². The van der Waals surface area contributed by atoms with E-state index >= 15 is 0 Å². The molecule has 3 aromatic rings. The molecule has 1 aliphatic rings. The number of aryl methyl sites for hydroxylation is 2. The van der Waals surface area contributed by atoms with Gasteiger partial charge in [0, 0.05) is 19.3 Å². The predicted octanol–water partition coefficient (Wildman–Crippen LogP) is 4.92. The molecule has 8 heteroatoms. The van der Waals surface area contributed by atoms with Gasteiger partial charge < -0.3 is 5.32 Å². The fraction of sp³-hybridized carbons (Fsp3) is 0.280. The summed E-state index contributed by atoms with van der Waals surface area (Å²) in [5, 5.41) is 3.32. The van der Waals surface area contributed by atoms with Crippen LogP contribution in [-0.4, -0.2) is 31.1 Å². The van der Waals surface area contributed by atoms with Crippen molar-refractivity contribution in [2.45, 2.75) is 40.2 Å². The number of carbonyl (C=O) groups excluding carboxylic acids is 1. The highest BCUT2D eigenvalue weighted by Gasteiger charge is 2.32. The first-order valence-corrected chi connectivity index (χ1v) is 12.2. The maximum Gasteiger partial charge on any atom is 0.267 e. The van der Waals surface area contributed by atoms with E-state index in [2.05, 4.69) is 12.2 Å². The maximum atomic E-state index is 13.5. The van der Waals surface area contributed by atoms with Gasteiger partial charge in [-0.3, -0.25) is 18.9 Å². The van der Waals surface area contributed by atoms with E-state index in [1.54, 1.807) is 17.2 Å².